The summed E-state index contributed by atoms with van der Waals surface area (Å²) in [6, 6.07) is 11.4. The molecule has 0 radical (unpaired) electrons. The van der Waals surface area contributed by atoms with Gasteiger partial charge in [-0.15, -0.1) is 0 Å². The van der Waals surface area contributed by atoms with Gasteiger partial charge in [-0.3, -0.25) is 4.55 Å². The van der Waals surface area contributed by atoms with Gasteiger partial charge in [0.05, 0.1) is 16.3 Å². The highest BCUT2D eigenvalue weighted by Crippen LogP contribution is 2.20. The number of nitrogens with zero attached hydrogens (tertiary/aromatic N) is 2. The van der Waals surface area contributed by atoms with Crippen molar-refractivity contribution in [1.29, 1.82) is 0 Å². The van der Waals surface area contributed by atoms with E-state index in [2.05, 4.69) is 10.2 Å². The standard InChI is InChI=1S/C12H11BN2O5S/c16-13(17)9-4-6-10(7-5-9)14-15-11-2-1-3-12(8-11)21(18,19)20/h1-8,16-17H,(H,18,19,20). The lowest BCUT2D eigenvalue weighted by Gasteiger charge is -1.99. The van der Waals surface area contributed by atoms with Crippen molar-refractivity contribution in [3.8, 4) is 0 Å². The predicted octanol–water partition coefficient (Wildman–Crippen LogP) is 1.03. The minimum atomic E-state index is -4.28. The Balaban J connectivity index is 2.21. The van der Waals surface area contributed by atoms with Crippen molar-refractivity contribution >= 4 is 34.1 Å². The molecule has 9 heteroatoms. The first-order chi connectivity index (χ1) is 9.86. The average Bonchev–Trinajstić information content (AvgIpc) is 2.45. The lowest BCUT2D eigenvalue weighted by Crippen LogP contribution is -2.29. The molecule has 108 valence electrons. The topological polar surface area (TPSA) is 120 Å². The molecule has 0 aromatic heterocycles. The molecule has 0 bridgehead atoms. The van der Waals surface area contributed by atoms with Crippen molar-refractivity contribution in [2.45, 2.75) is 4.90 Å². The molecule has 0 spiro atoms. The second kappa shape index (κ2) is 6.14. The third-order valence-corrected chi connectivity index (χ3v) is 3.44. The Morgan fingerprint density at radius 2 is 1.52 bits per heavy atom. The molecule has 7 nitrogen and oxygen atoms in total. The fourth-order valence-electron chi connectivity index (χ4n) is 1.53. The maximum atomic E-state index is 11.0. The molecule has 2 aromatic rings. The summed E-state index contributed by atoms with van der Waals surface area (Å²) in [4.78, 5) is -0.266. The minimum Gasteiger partial charge on any atom is -0.423 e. The van der Waals surface area contributed by atoms with Crippen molar-refractivity contribution in [1.82, 2.24) is 0 Å². The Labute approximate surface area is 121 Å². The fourth-order valence-corrected chi connectivity index (χ4v) is 2.05. The van der Waals surface area contributed by atoms with Gasteiger partial charge in [0.1, 0.15) is 0 Å². The van der Waals surface area contributed by atoms with Crippen LogP contribution in [-0.2, 0) is 10.1 Å². The SMILES string of the molecule is O=S(=O)(O)c1cccc(N=Nc2ccc(B(O)O)cc2)c1. The number of azo groups is 1. The summed E-state index contributed by atoms with van der Waals surface area (Å²) >= 11 is 0. The van der Waals surface area contributed by atoms with Gasteiger partial charge < -0.3 is 10.0 Å². The van der Waals surface area contributed by atoms with Crippen LogP contribution in [0, 0.1) is 0 Å². The molecule has 0 saturated heterocycles. The Hall–Kier alpha value is -2.07. The minimum absolute atomic E-state index is 0.261. The normalized spacial score (nSPS) is 11.8. The Bertz CT molecular complexity index is 759. The van der Waals surface area contributed by atoms with Gasteiger partial charge in [0.15, 0.2) is 0 Å². The molecule has 2 aromatic carbocycles. The highest BCUT2D eigenvalue weighted by atomic mass is 32.2. The summed E-state index contributed by atoms with van der Waals surface area (Å²) in [5.41, 5.74) is 1.04. The first kappa shape index (κ1) is 15.3. The van der Waals surface area contributed by atoms with Crippen molar-refractivity contribution in [3.05, 3.63) is 48.5 Å². The van der Waals surface area contributed by atoms with Crippen LogP contribution >= 0.6 is 0 Å². The molecule has 21 heavy (non-hydrogen) atoms. The molecule has 0 unspecified atom stereocenters. The van der Waals surface area contributed by atoms with Crippen LogP contribution < -0.4 is 5.46 Å². The zero-order chi connectivity index (χ0) is 15.5. The second-order valence-electron chi connectivity index (χ2n) is 4.14. The molecule has 0 atom stereocenters. The van der Waals surface area contributed by atoms with Gasteiger partial charge in [-0.2, -0.15) is 18.6 Å². The maximum Gasteiger partial charge on any atom is 0.488 e. The van der Waals surface area contributed by atoms with Crippen molar-refractivity contribution in [3.63, 3.8) is 0 Å². The number of hydrogen-bond acceptors (Lipinski definition) is 6. The van der Waals surface area contributed by atoms with Crippen molar-refractivity contribution < 1.29 is 23.0 Å². The Morgan fingerprint density at radius 3 is 2.10 bits per heavy atom. The second-order valence-corrected chi connectivity index (χ2v) is 5.56. The van der Waals surface area contributed by atoms with E-state index in [1.54, 1.807) is 0 Å². The van der Waals surface area contributed by atoms with E-state index in [-0.39, 0.29) is 10.6 Å². The summed E-state index contributed by atoms with van der Waals surface area (Å²) in [5, 5.41) is 25.6. The average molecular weight is 306 g/mol. The highest BCUT2D eigenvalue weighted by Gasteiger charge is 2.10. The predicted molar refractivity (Wildman–Crippen MR) is 76.7 cm³/mol. The van der Waals surface area contributed by atoms with E-state index in [0.29, 0.717) is 11.2 Å². The molecule has 0 aliphatic heterocycles. The van der Waals surface area contributed by atoms with Crippen LogP contribution in [-0.4, -0.2) is 30.1 Å². The molecule has 0 aliphatic rings. The lowest BCUT2D eigenvalue weighted by molar-refractivity contribution is 0.425. The monoisotopic (exact) mass is 306 g/mol. The van der Waals surface area contributed by atoms with Crippen LogP contribution in [0.25, 0.3) is 0 Å². The van der Waals surface area contributed by atoms with Crippen LogP contribution in [0.3, 0.4) is 0 Å². The zero-order valence-electron chi connectivity index (χ0n) is 10.7. The van der Waals surface area contributed by atoms with Gasteiger partial charge in [-0.25, -0.2) is 0 Å². The molecular weight excluding hydrogens is 295 g/mol. The van der Waals surface area contributed by atoms with E-state index < -0.39 is 17.2 Å². The molecule has 0 aliphatic carbocycles. The number of benzene rings is 2. The van der Waals surface area contributed by atoms with Crippen LogP contribution in [0.1, 0.15) is 0 Å². The van der Waals surface area contributed by atoms with Gasteiger partial charge in [0, 0.05) is 0 Å². The summed E-state index contributed by atoms with van der Waals surface area (Å²) < 4.78 is 30.9. The highest BCUT2D eigenvalue weighted by molar-refractivity contribution is 7.85. The quantitative estimate of drug-likeness (QED) is 0.443. The number of rotatable bonds is 4. The fraction of sp³-hybridized carbons (Fsp3) is 0. The van der Waals surface area contributed by atoms with E-state index in [1.807, 2.05) is 0 Å². The lowest BCUT2D eigenvalue weighted by atomic mass is 9.80. The van der Waals surface area contributed by atoms with E-state index in [0.717, 1.165) is 0 Å². The van der Waals surface area contributed by atoms with Crippen molar-refractivity contribution in [2.75, 3.05) is 0 Å². The van der Waals surface area contributed by atoms with Gasteiger partial charge in [0.25, 0.3) is 10.1 Å². The van der Waals surface area contributed by atoms with Gasteiger partial charge >= 0.3 is 7.12 Å². The van der Waals surface area contributed by atoms with Crippen LogP contribution in [0.15, 0.2) is 63.7 Å². The maximum absolute atomic E-state index is 11.0. The summed E-state index contributed by atoms with van der Waals surface area (Å²) in [6.45, 7) is 0. The summed E-state index contributed by atoms with van der Waals surface area (Å²) in [5.74, 6) is 0. The first-order valence-electron chi connectivity index (χ1n) is 5.82. The van der Waals surface area contributed by atoms with E-state index in [9.17, 15) is 8.42 Å². The molecule has 0 heterocycles. The van der Waals surface area contributed by atoms with E-state index >= 15 is 0 Å². The van der Waals surface area contributed by atoms with Crippen molar-refractivity contribution in [2.24, 2.45) is 10.2 Å². The largest absolute Gasteiger partial charge is 0.488 e. The van der Waals surface area contributed by atoms with Crippen LogP contribution in [0.2, 0.25) is 0 Å². The summed E-state index contributed by atoms with van der Waals surface area (Å²) in [6.07, 6.45) is 0. The van der Waals surface area contributed by atoms with E-state index in [1.165, 1.54) is 48.5 Å². The Morgan fingerprint density at radius 1 is 0.905 bits per heavy atom. The van der Waals surface area contributed by atoms with Gasteiger partial charge in [-0.1, -0.05) is 18.2 Å². The molecule has 0 amide bonds. The van der Waals surface area contributed by atoms with Crippen LogP contribution in [0.4, 0.5) is 11.4 Å². The molecular formula is C12H11BN2O5S. The molecule has 3 N–H and O–H groups in total. The summed E-state index contributed by atoms with van der Waals surface area (Å²) in [7, 11) is -5.83. The number of hydrogen-bond donors (Lipinski definition) is 3. The van der Waals surface area contributed by atoms with Crippen LogP contribution in [0.5, 0.6) is 0 Å². The third kappa shape index (κ3) is 4.20. The van der Waals surface area contributed by atoms with Gasteiger partial charge in [-0.05, 0) is 35.8 Å². The Kier molecular flexibility index (Phi) is 4.48. The smallest absolute Gasteiger partial charge is 0.423 e. The van der Waals surface area contributed by atoms with E-state index in [4.69, 9.17) is 14.6 Å². The molecule has 0 fully saturated rings. The molecule has 2 rings (SSSR count). The first-order valence-corrected chi connectivity index (χ1v) is 7.26. The zero-order valence-corrected chi connectivity index (χ0v) is 11.5. The third-order valence-electron chi connectivity index (χ3n) is 2.59. The molecule has 0 saturated carbocycles. The van der Waals surface area contributed by atoms with Gasteiger partial charge in [0.2, 0.25) is 0 Å².